The molecule has 9 heteroatoms. The number of carboxylic acid groups (broad SMARTS) is 2. The summed E-state index contributed by atoms with van der Waals surface area (Å²) in [7, 11) is 0. The van der Waals surface area contributed by atoms with E-state index >= 15 is 0 Å². The molecule has 0 aliphatic carbocycles. The number of rotatable bonds is 46. The Morgan fingerprint density at radius 2 is 0.476 bits per heavy atom. The summed E-state index contributed by atoms with van der Waals surface area (Å²) in [5, 5.41) is 20.3. The molecule has 8 nitrogen and oxygen atoms in total. The Bertz CT molecular complexity index is 936. The van der Waals surface area contributed by atoms with Gasteiger partial charge in [0.1, 0.15) is 0 Å². The average molecular weight is 996 g/mol. The summed E-state index contributed by atoms with van der Waals surface area (Å²) in [4.78, 5) is 47.2. The number of hydrogen-bond donors (Lipinski definition) is 0. The number of unbranched alkanes of at least 4 members (excludes halogenated alkanes) is 38. The third-order valence-corrected chi connectivity index (χ3v) is 11.2. The molecule has 0 aliphatic rings. The van der Waals surface area contributed by atoms with E-state index in [9.17, 15) is 29.4 Å². The van der Waals surface area contributed by atoms with Crippen LogP contribution in [0.15, 0.2) is 24.3 Å². The Kier molecular flexibility index (Phi) is 62.5. The van der Waals surface area contributed by atoms with Crippen LogP contribution in [-0.4, -0.2) is 58.2 Å². The van der Waals surface area contributed by atoms with Gasteiger partial charge in [0, 0.05) is 12.2 Å². The van der Waals surface area contributed by atoms with Crippen molar-refractivity contribution < 1.29 is 38.9 Å². The van der Waals surface area contributed by atoms with Gasteiger partial charge >= 0.3 is 43.0 Å². The van der Waals surface area contributed by atoms with Gasteiger partial charge < -0.3 is 29.3 Å². The van der Waals surface area contributed by atoms with Crippen LogP contribution in [0.3, 0.4) is 0 Å². The molecule has 0 aromatic rings. The Balaban J connectivity index is -0.00000107. The van der Waals surface area contributed by atoms with Crippen molar-refractivity contribution >= 4 is 45.0 Å². The van der Waals surface area contributed by atoms with Crippen LogP contribution >= 0.6 is 0 Å². The fourth-order valence-corrected chi connectivity index (χ4v) is 7.43. The predicted octanol–water partition coefficient (Wildman–Crippen LogP) is 14.1. The molecular weight excluding hydrogens is 895 g/mol. The second kappa shape index (κ2) is 60.2. The number of carboxylic acids is 2. The zero-order valence-corrected chi connectivity index (χ0v) is 44.6. The number of aliphatic carboxylic acids is 2. The van der Waals surface area contributed by atoms with Crippen molar-refractivity contribution in [3.63, 3.8) is 0 Å². The molecule has 0 aliphatic heterocycles. The SMILES string of the molecule is CCCCCCCCCCCCCCCCCCCCCCOC(=O)/C=C\C(=O)[O-].CCCCCCCCCCCCCCCCCCCCCCOC(=O)/C=C\C(=O)[O-].[CH3][Sn+2][CH3]. The van der Waals surface area contributed by atoms with E-state index in [1.165, 1.54) is 231 Å². The molecule has 0 spiro atoms. The van der Waals surface area contributed by atoms with Crippen molar-refractivity contribution in [2.75, 3.05) is 13.2 Å². The Morgan fingerprint density at radius 1 is 0.317 bits per heavy atom. The normalized spacial score (nSPS) is 10.9. The maximum atomic E-state index is 11.1. The maximum absolute atomic E-state index is 11.1. The molecular formula is C54H100O8Sn. The summed E-state index contributed by atoms with van der Waals surface area (Å²) < 4.78 is 9.83. The molecule has 0 aromatic heterocycles. The van der Waals surface area contributed by atoms with E-state index in [1.54, 1.807) is 0 Å². The zero-order chi connectivity index (χ0) is 47.0. The van der Waals surface area contributed by atoms with E-state index in [1.807, 2.05) is 0 Å². The Morgan fingerprint density at radius 3 is 0.635 bits per heavy atom. The summed E-state index contributed by atoms with van der Waals surface area (Å²) >= 11 is 0.230. The van der Waals surface area contributed by atoms with Gasteiger partial charge in [-0.15, -0.1) is 0 Å². The molecule has 0 fully saturated rings. The first-order valence-electron chi connectivity index (χ1n) is 26.4. The number of hydrogen-bond acceptors (Lipinski definition) is 8. The fraction of sp³-hybridized carbons (Fsp3) is 0.852. The van der Waals surface area contributed by atoms with Crippen molar-refractivity contribution in [3.8, 4) is 0 Å². The number of carbonyl (C=O) groups excluding carboxylic acids is 4. The van der Waals surface area contributed by atoms with Crippen molar-refractivity contribution in [1.29, 1.82) is 0 Å². The van der Waals surface area contributed by atoms with Crippen LogP contribution in [0.4, 0.5) is 0 Å². The van der Waals surface area contributed by atoms with E-state index in [4.69, 9.17) is 9.47 Å². The van der Waals surface area contributed by atoms with Crippen LogP contribution in [0.1, 0.15) is 271 Å². The molecule has 63 heavy (non-hydrogen) atoms. The molecule has 0 saturated carbocycles. The summed E-state index contributed by atoms with van der Waals surface area (Å²) in [6, 6.07) is 0. The van der Waals surface area contributed by atoms with E-state index in [2.05, 4.69) is 23.7 Å². The number of carbonyl (C=O) groups is 4. The monoisotopic (exact) mass is 997 g/mol. The fourth-order valence-electron chi connectivity index (χ4n) is 7.43. The first-order chi connectivity index (χ1) is 30.7. The van der Waals surface area contributed by atoms with Gasteiger partial charge in [-0.25, -0.2) is 9.59 Å². The second-order valence-corrected chi connectivity index (χ2v) is 20.4. The number of ether oxygens (including phenoxy) is 2. The second-order valence-electron chi connectivity index (χ2n) is 17.6. The molecule has 0 radical (unpaired) electrons. The van der Waals surface area contributed by atoms with Gasteiger partial charge in [0.2, 0.25) is 0 Å². The molecule has 0 aromatic carbocycles. The first-order valence-corrected chi connectivity index (χ1v) is 32.2. The first kappa shape index (κ1) is 65.4. The molecule has 0 rings (SSSR count). The summed E-state index contributed by atoms with van der Waals surface area (Å²) in [5.41, 5.74) is 0. The average Bonchev–Trinajstić information content (AvgIpc) is 3.26. The number of esters is 2. The van der Waals surface area contributed by atoms with E-state index < -0.39 is 23.9 Å². The van der Waals surface area contributed by atoms with E-state index in [0.29, 0.717) is 25.4 Å². The predicted molar refractivity (Wildman–Crippen MR) is 264 cm³/mol. The summed E-state index contributed by atoms with van der Waals surface area (Å²) in [6.45, 7) is 5.27. The zero-order valence-electron chi connectivity index (χ0n) is 41.8. The van der Waals surface area contributed by atoms with Gasteiger partial charge in [0.15, 0.2) is 0 Å². The summed E-state index contributed by atoms with van der Waals surface area (Å²) in [6.07, 6.45) is 56.6. The quantitative estimate of drug-likeness (QED) is 0.0255. The van der Waals surface area contributed by atoms with Crippen LogP contribution in [0, 0.1) is 0 Å². The molecule has 0 saturated heterocycles. The summed E-state index contributed by atoms with van der Waals surface area (Å²) in [5.74, 6) is -3.99. The molecule has 0 N–H and O–H groups in total. The molecule has 0 heterocycles. The van der Waals surface area contributed by atoms with Crippen LogP contribution in [-0.2, 0) is 28.7 Å². The van der Waals surface area contributed by atoms with Gasteiger partial charge in [-0.2, -0.15) is 0 Å². The standard InChI is InChI=1S/2C26H48O4.2CH3.Sn/c2*1-2-3-4-5-6-7-8-9-10-11-12-13-14-15-16-17-18-19-20-21-24-30-26(29)23-22-25(27)28;;;/h2*22-23H,2-21,24H2,1H3,(H,27,28);2*1H3;/q;;;;+2/p-2/b2*23-22-;;;. The van der Waals surface area contributed by atoms with Crippen molar-refractivity contribution in [3.05, 3.63) is 24.3 Å². The molecule has 0 unspecified atom stereocenters. The van der Waals surface area contributed by atoms with Crippen LogP contribution in [0.2, 0.25) is 9.88 Å². The van der Waals surface area contributed by atoms with E-state index in [-0.39, 0.29) is 21.1 Å². The van der Waals surface area contributed by atoms with Gasteiger partial charge in [0.25, 0.3) is 0 Å². The van der Waals surface area contributed by atoms with Gasteiger partial charge in [-0.05, 0) is 25.0 Å². The van der Waals surface area contributed by atoms with Gasteiger partial charge in [-0.1, -0.05) is 258 Å². The van der Waals surface area contributed by atoms with Crippen molar-refractivity contribution in [2.24, 2.45) is 0 Å². The van der Waals surface area contributed by atoms with Crippen LogP contribution < -0.4 is 10.2 Å². The molecule has 0 bridgehead atoms. The van der Waals surface area contributed by atoms with Gasteiger partial charge in [0.05, 0.1) is 25.2 Å². The van der Waals surface area contributed by atoms with Crippen molar-refractivity contribution in [2.45, 2.75) is 281 Å². The van der Waals surface area contributed by atoms with E-state index in [0.717, 1.165) is 37.8 Å². The Labute approximate surface area is 400 Å². The topological polar surface area (TPSA) is 133 Å². The minimum absolute atomic E-state index is 0.230. The Hall–Kier alpha value is -1.84. The minimum atomic E-state index is -1.38. The van der Waals surface area contributed by atoms with Gasteiger partial charge in [-0.3, -0.25) is 0 Å². The van der Waals surface area contributed by atoms with Crippen LogP contribution in [0.5, 0.6) is 0 Å². The van der Waals surface area contributed by atoms with Crippen LogP contribution in [0.25, 0.3) is 0 Å². The third-order valence-electron chi connectivity index (χ3n) is 11.2. The van der Waals surface area contributed by atoms with Crippen molar-refractivity contribution in [1.82, 2.24) is 0 Å². The molecule has 0 amide bonds. The molecule has 368 valence electrons. The molecule has 0 atom stereocenters. The third kappa shape index (κ3) is 69.4.